The molecule has 4 rings (SSSR count). The fourth-order valence-corrected chi connectivity index (χ4v) is 3.94. The number of nitrogens with zero attached hydrogens (tertiary/aromatic N) is 3. The van der Waals surface area contributed by atoms with Crippen LogP contribution in [0.2, 0.25) is 5.02 Å². The molecule has 0 saturated heterocycles. The fourth-order valence-electron chi connectivity index (χ4n) is 2.52. The molecule has 4 aromatic rings. The molecule has 2 aromatic carbocycles. The molecule has 0 amide bonds. The number of H-pyrrole nitrogens is 1. The Labute approximate surface area is 163 Å². The normalized spacial score (nSPS) is 11.6. The van der Waals surface area contributed by atoms with Gasteiger partial charge in [0.2, 0.25) is 15.2 Å². The van der Waals surface area contributed by atoms with Crippen molar-refractivity contribution in [1.82, 2.24) is 19.6 Å². The molecule has 0 aliphatic carbocycles. The molecule has 0 radical (unpaired) electrons. The van der Waals surface area contributed by atoms with Crippen molar-refractivity contribution >= 4 is 60.6 Å². The van der Waals surface area contributed by atoms with Crippen LogP contribution in [0.3, 0.4) is 0 Å². The summed E-state index contributed by atoms with van der Waals surface area (Å²) in [5, 5.41) is 11.9. The Kier molecular flexibility index (Phi) is 4.46. The Morgan fingerprint density at radius 3 is 2.89 bits per heavy atom. The molecular formula is C16H13ClN6O2S2. The molecule has 0 unspecified atom stereocenters. The topological polar surface area (TPSA) is 113 Å². The number of aromatic nitrogens is 4. The first kappa shape index (κ1) is 17.7. The number of halogens is 1. The minimum absolute atomic E-state index is 0.452. The number of aromatic amines is 1. The number of sulfonamides is 1. The predicted octanol–water partition coefficient (Wildman–Crippen LogP) is 3.85. The van der Waals surface area contributed by atoms with Gasteiger partial charge in [0.1, 0.15) is 0 Å². The van der Waals surface area contributed by atoms with Crippen molar-refractivity contribution in [3.05, 3.63) is 47.6 Å². The molecule has 8 nitrogen and oxygen atoms in total. The highest BCUT2D eigenvalue weighted by molar-refractivity contribution is 7.92. The maximum atomic E-state index is 11.4. The van der Waals surface area contributed by atoms with Gasteiger partial charge >= 0.3 is 0 Å². The van der Waals surface area contributed by atoms with E-state index < -0.39 is 10.0 Å². The van der Waals surface area contributed by atoms with Crippen molar-refractivity contribution < 1.29 is 8.42 Å². The molecule has 2 aromatic heterocycles. The van der Waals surface area contributed by atoms with E-state index in [-0.39, 0.29) is 0 Å². The van der Waals surface area contributed by atoms with E-state index in [1.807, 2.05) is 18.2 Å². The second-order valence-corrected chi connectivity index (χ2v) is 8.64. The van der Waals surface area contributed by atoms with E-state index in [4.69, 9.17) is 11.6 Å². The second kappa shape index (κ2) is 6.80. The molecule has 0 saturated carbocycles. The molecule has 0 aliphatic rings. The quantitative estimate of drug-likeness (QED) is 0.452. The second-order valence-electron chi connectivity index (χ2n) is 5.76. The van der Waals surface area contributed by atoms with Crippen LogP contribution in [0.1, 0.15) is 0 Å². The number of nitrogens with one attached hydrogen (secondary N) is 3. The van der Waals surface area contributed by atoms with Crippen LogP contribution in [0.15, 0.2) is 42.6 Å². The standard InChI is InChI=1S/C16H13ClN6O2S2/c1-27(24,25)23-10-4-2-3-9(7-10)15-20-16(26-22-15)19-13-6-5-12-11(14(13)17)8-18-21-12/h2-8,23H,1H3,(H,18,21)(H,19,20,22). The number of hydrogen-bond donors (Lipinski definition) is 3. The number of rotatable bonds is 5. The van der Waals surface area contributed by atoms with Gasteiger partial charge in [-0.1, -0.05) is 23.7 Å². The zero-order valence-corrected chi connectivity index (χ0v) is 16.3. The number of hydrogen-bond acceptors (Lipinski definition) is 7. The third-order valence-electron chi connectivity index (χ3n) is 3.65. The van der Waals surface area contributed by atoms with Crippen molar-refractivity contribution in [2.75, 3.05) is 16.3 Å². The van der Waals surface area contributed by atoms with Crippen LogP contribution in [0.4, 0.5) is 16.5 Å². The summed E-state index contributed by atoms with van der Waals surface area (Å²) in [7, 11) is -3.35. The average Bonchev–Trinajstić information content (AvgIpc) is 3.26. The predicted molar refractivity (Wildman–Crippen MR) is 108 cm³/mol. The van der Waals surface area contributed by atoms with Gasteiger partial charge in [0.05, 0.1) is 28.7 Å². The zero-order valence-electron chi connectivity index (χ0n) is 13.9. The molecular weight excluding hydrogens is 408 g/mol. The smallest absolute Gasteiger partial charge is 0.229 e. The number of anilines is 3. The van der Waals surface area contributed by atoms with Crippen molar-refractivity contribution in [3.63, 3.8) is 0 Å². The summed E-state index contributed by atoms with van der Waals surface area (Å²) in [6, 6.07) is 10.6. The van der Waals surface area contributed by atoms with Gasteiger partial charge in [-0.25, -0.2) is 8.42 Å². The summed E-state index contributed by atoms with van der Waals surface area (Å²) >= 11 is 7.59. The van der Waals surface area contributed by atoms with Crippen LogP contribution < -0.4 is 10.0 Å². The van der Waals surface area contributed by atoms with Crippen molar-refractivity contribution in [3.8, 4) is 11.4 Å². The summed E-state index contributed by atoms with van der Waals surface area (Å²) < 4.78 is 29.6. The van der Waals surface area contributed by atoms with Gasteiger partial charge < -0.3 is 5.32 Å². The molecule has 0 bridgehead atoms. The fraction of sp³-hybridized carbons (Fsp3) is 0.0625. The van der Waals surface area contributed by atoms with E-state index in [0.717, 1.165) is 17.2 Å². The van der Waals surface area contributed by atoms with Crippen molar-refractivity contribution in [1.29, 1.82) is 0 Å². The van der Waals surface area contributed by atoms with E-state index >= 15 is 0 Å². The summed E-state index contributed by atoms with van der Waals surface area (Å²) in [6.45, 7) is 0. The Morgan fingerprint density at radius 1 is 1.22 bits per heavy atom. The average molecular weight is 421 g/mol. The Balaban J connectivity index is 1.60. The minimum atomic E-state index is -3.35. The Bertz CT molecular complexity index is 1230. The molecule has 0 aliphatic heterocycles. The lowest BCUT2D eigenvalue weighted by Crippen LogP contribution is -2.09. The Morgan fingerprint density at radius 2 is 2.07 bits per heavy atom. The zero-order chi connectivity index (χ0) is 19.0. The first-order chi connectivity index (χ1) is 12.9. The van der Waals surface area contributed by atoms with Gasteiger partial charge in [-0.3, -0.25) is 9.82 Å². The summed E-state index contributed by atoms with van der Waals surface area (Å²) in [5.41, 5.74) is 2.69. The monoisotopic (exact) mass is 420 g/mol. The van der Waals surface area contributed by atoms with Gasteiger partial charge in [0, 0.05) is 28.2 Å². The van der Waals surface area contributed by atoms with E-state index in [1.165, 1.54) is 11.5 Å². The van der Waals surface area contributed by atoms with Crippen LogP contribution >= 0.6 is 23.1 Å². The van der Waals surface area contributed by atoms with Crippen LogP contribution in [0, 0.1) is 0 Å². The molecule has 0 atom stereocenters. The van der Waals surface area contributed by atoms with E-state index in [2.05, 4.69) is 29.6 Å². The molecule has 3 N–H and O–H groups in total. The molecule has 138 valence electrons. The molecule has 27 heavy (non-hydrogen) atoms. The van der Waals surface area contributed by atoms with E-state index in [1.54, 1.807) is 24.4 Å². The summed E-state index contributed by atoms with van der Waals surface area (Å²) in [6.07, 6.45) is 2.76. The third-order valence-corrected chi connectivity index (χ3v) is 5.29. The number of fused-ring (bicyclic) bond motifs is 1. The molecule has 11 heteroatoms. The SMILES string of the molecule is CS(=O)(=O)Nc1cccc(-c2nsc(Nc3ccc4[nH]ncc4c3Cl)n2)c1. The lowest BCUT2D eigenvalue weighted by atomic mass is 10.2. The van der Waals surface area contributed by atoms with Crippen molar-refractivity contribution in [2.24, 2.45) is 0 Å². The number of benzene rings is 2. The first-order valence-corrected chi connectivity index (χ1v) is 10.7. The lowest BCUT2D eigenvalue weighted by molar-refractivity contribution is 0.607. The van der Waals surface area contributed by atoms with Crippen LogP contribution in [0.25, 0.3) is 22.3 Å². The van der Waals surface area contributed by atoms with Crippen LogP contribution in [-0.2, 0) is 10.0 Å². The largest absolute Gasteiger partial charge is 0.329 e. The third kappa shape index (κ3) is 3.87. The van der Waals surface area contributed by atoms with Gasteiger partial charge in [-0.05, 0) is 24.3 Å². The van der Waals surface area contributed by atoms with Crippen LogP contribution in [-0.4, -0.2) is 34.2 Å². The molecule has 0 spiro atoms. The highest BCUT2D eigenvalue weighted by atomic mass is 35.5. The van der Waals surface area contributed by atoms with Gasteiger partial charge in [-0.2, -0.15) is 14.5 Å². The Hall–Kier alpha value is -2.69. The maximum Gasteiger partial charge on any atom is 0.229 e. The highest BCUT2D eigenvalue weighted by Gasteiger charge is 2.12. The van der Waals surface area contributed by atoms with E-state index in [0.29, 0.717) is 32.9 Å². The van der Waals surface area contributed by atoms with Gasteiger partial charge in [0.15, 0.2) is 5.82 Å². The summed E-state index contributed by atoms with van der Waals surface area (Å²) in [4.78, 5) is 4.46. The molecule has 0 fully saturated rings. The highest BCUT2D eigenvalue weighted by Crippen LogP contribution is 2.33. The summed E-state index contributed by atoms with van der Waals surface area (Å²) in [5.74, 6) is 0.486. The van der Waals surface area contributed by atoms with Gasteiger partial charge in [-0.15, -0.1) is 0 Å². The maximum absolute atomic E-state index is 11.4. The molecule has 2 heterocycles. The lowest BCUT2D eigenvalue weighted by Gasteiger charge is -2.05. The van der Waals surface area contributed by atoms with Crippen LogP contribution in [0.5, 0.6) is 0 Å². The van der Waals surface area contributed by atoms with E-state index in [9.17, 15) is 8.42 Å². The first-order valence-electron chi connectivity index (χ1n) is 7.69. The minimum Gasteiger partial charge on any atom is -0.329 e. The van der Waals surface area contributed by atoms with Gasteiger partial charge in [0.25, 0.3) is 0 Å². The van der Waals surface area contributed by atoms with Crippen molar-refractivity contribution in [2.45, 2.75) is 0 Å².